The number of fused-ring (bicyclic) bond motifs is 2. The number of benzene rings is 1. The maximum atomic E-state index is 12.8. The first-order valence-corrected chi connectivity index (χ1v) is 8.42. The van der Waals surface area contributed by atoms with Crippen LogP contribution in [0.15, 0.2) is 24.3 Å². The van der Waals surface area contributed by atoms with Gasteiger partial charge in [0, 0.05) is 37.8 Å². The smallest absolute Gasteiger partial charge is 0.253 e. The minimum absolute atomic E-state index is 0.0773. The van der Waals surface area contributed by atoms with Crippen molar-refractivity contribution in [1.82, 2.24) is 10.2 Å². The molecule has 2 unspecified atom stereocenters. The Hall–Kier alpha value is -1.59. The van der Waals surface area contributed by atoms with Gasteiger partial charge in [0.15, 0.2) is 0 Å². The number of rotatable bonds is 6. The van der Waals surface area contributed by atoms with Crippen molar-refractivity contribution in [3.05, 3.63) is 29.8 Å². The van der Waals surface area contributed by atoms with Gasteiger partial charge in [-0.2, -0.15) is 0 Å². The van der Waals surface area contributed by atoms with Crippen molar-refractivity contribution >= 4 is 5.91 Å². The van der Waals surface area contributed by atoms with Crippen molar-refractivity contribution in [3.8, 4) is 5.75 Å². The topological polar surface area (TPSA) is 50.8 Å². The normalized spacial score (nSPS) is 26.1. The average molecular weight is 318 g/mol. The Morgan fingerprint density at radius 3 is 2.70 bits per heavy atom. The molecule has 2 aliphatic rings. The molecule has 2 bridgehead atoms. The minimum atomic E-state index is 0.0773. The highest BCUT2D eigenvalue weighted by Crippen LogP contribution is 2.30. The van der Waals surface area contributed by atoms with Crippen LogP contribution in [0.1, 0.15) is 36.0 Å². The van der Waals surface area contributed by atoms with Crippen LogP contribution in [0.2, 0.25) is 0 Å². The molecule has 2 atom stereocenters. The van der Waals surface area contributed by atoms with Crippen molar-refractivity contribution in [2.75, 3.05) is 27.4 Å². The summed E-state index contributed by atoms with van der Waals surface area (Å²) < 4.78 is 10.6. The second kappa shape index (κ2) is 7.32. The lowest BCUT2D eigenvalue weighted by atomic mass is 9.98. The lowest BCUT2D eigenvalue weighted by molar-refractivity contribution is 0.0681. The number of hydrogen-bond donors (Lipinski definition) is 1. The average Bonchev–Trinajstić information content (AvgIpc) is 2.92. The molecule has 0 radical (unpaired) electrons. The predicted octanol–water partition coefficient (Wildman–Crippen LogP) is 2.07. The van der Waals surface area contributed by atoms with Crippen molar-refractivity contribution in [1.29, 1.82) is 0 Å². The number of nitrogens with one attached hydrogen (secondary N) is 1. The lowest BCUT2D eigenvalue weighted by Gasteiger charge is -2.35. The Balaban J connectivity index is 1.63. The molecule has 1 aromatic carbocycles. The second-order valence-corrected chi connectivity index (χ2v) is 6.55. The third kappa shape index (κ3) is 3.85. The van der Waals surface area contributed by atoms with Crippen molar-refractivity contribution in [3.63, 3.8) is 0 Å². The van der Waals surface area contributed by atoms with Crippen LogP contribution in [0.4, 0.5) is 0 Å². The third-order valence-corrected chi connectivity index (χ3v) is 4.95. The Morgan fingerprint density at radius 2 is 2.00 bits per heavy atom. The minimum Gasteiger partial charge on any atom is -0.491 e. The van der Waals surface area contributed by atoms with Gasteiger partial charge in [-0.1, -0.05) is 6.07 Å². The Labute approximate surface area is 137 Å². The van der Waals surface area contributed by atoms with Crippen LogP contribution < -0.4 is 10.1 Å². The Bertz CT molecular complexity index is 537. The molecule has 2 saturated heterocycles. The molecule has 23 heavy (non-hydrogen) atoms. The number of hydrogen-bond acceptors (Lipinski definition) is 4. The van der Waals surface area contributed by atoms with Gasteiger partial charge in [0.05, 0.1) is 6.61 Å². The van der Waals surface area contributed by atoms with Crippen LogP contribution in [0.3, 0.4) is 0 Å². The zero-order valence-corrected chi connectivity index (χ0v) is 14.0. The van der Waals surface area contributed by atoms with E-state index >= 15 is 0 Å². The van der Waals surface area contributed by atoms with E-state index in [1.807, 2.05) is 36.2 Å². The molecule has 1 amide bonds. The fourth-order valence-corrected chi connectivity index (χ4v) is 3.67. The van der Waals surface area contributed by atoms with Gasteiger partial charge in [-0.25, -0.2) is 0 Å². The molecular weight excluding hydrogens is 292 g/mol. The van der Waals surface area contributed by atoms with E-state index < -0.39 is 0 Å². The van der Waals surface area contributed by atoms with E-state index in [-0.39, 0.29) is 5.91 Å². The van der Waals surface area contributed by atoms with Gasteiger partial charge in [0.25, 0.3) is 5.91 Å². The van der Waals surface area contributed by atoms with E-state index in [9.17, 15) is 4.79 Å². The summed E-state index contributed by atoms with van der Waals surface area (Å²) in [6.07, 6.45) is 4.60. The molecule has 3 rings (SSSR count). The highest BCUT2D eigenvalue weighted by molar-refractivity contribution is 5.94. The number of carbonyl (C=O) groups is 1. The summed E-state index contributed by atoms with van der Waals surface area (Å²) in [4.78, 5) is 14.7. The first-order valence-electron chi connectivity index (χ1n) is 8.42. The summed E-state index contributed by atoms with van der Waals surface area (Å²) in [6, 6.07) is 8.92. The van der Waals surface area contributed by atoms with Gasteiger partial charge in [-0.05, 0) is 43.9 Å². The molecule has 2 aliphatic heterocycles. The monoisotopic (exact) mass is 318 g/mol. The predicted molar refractivity (Wildman–Crippen MR) is 88.9 cm³/mol. The molecule has 1 aromatic rings. The zero-order valence-electron chi connectivity index (χ0n) is 14.0. The summed E-state index contributed by atoms with van der Waals surface area (Å²) in [6.45, 7) is 1.03. The van der Waals surface area contributed by atoms with E-state index in [1.54, 1.807) is 7.11 Å². The highest BCUT2D eigenvalue weighted by atomic mass is 16.5. The van der Waals surface area contributed by atoms with Gasteiger partial charge in [0.1, 0.15) is 12.4 Å². The van der Waals surface area contributed by atoms with Crippen LogP contribution in [0, 0.1) is 0 Å². The molecule has 0 aliphatic carbocycles. The van der Waals surface area contributed by atoms with E-state index in [4.69, 9.17) is 9.47 Å². The van der Waals surface area contributed by atoms with Crippen molar-refractivity contribution in [2.24, 2.45) is 0 Å². The zero-order chi connectivity index (χ0) is 16.2. The molecule has 0 saturated carbocycles. The van der Waals surface area contributed by atoms with Gasteiger partial charge < -0.3 is 19.7 Å². The van der Waals surface area contributed by atoms with Crippen LogP contribution in [-0.2, 0) is 4.74 Å². The van der Waals surface area contributed by atoms with Crippen LogP contribution in [0.25, 0.3) is 0 Å². The summed E-state index contributed by atoms with van der Waals surface area (Å²) in [5, 5.41) is 3.62. The van der Waals surface area contributed by atoms with Crippen LogP contribution in [0.5, 0.6) is 5.75 Å². The molecule has 0 aromatic heterocycles. The standard InChI is InChI=1S/C18H26N2O3/c1-20(16-11-14-6-7-15(12-16)19-14)18(21)13-4-3-5-17(10-13)23-9-8-22-2/h3-5,10,14-16,19H,6-9,11-12H2,1-2H3. The number of carbonyl (C=O) groups excluding carboxylic acids is 1. The van der Waals surface area contributed by atoms with E-state index in [0.29, 0.717) is 42.7 Å². The van der Waals surface area contributed by atoms with Gasteiger partial charge >= 0.3 is 0 Å². The molecule has 1 N–H and O–H groups in total. The number of nitrogens with zero attached hydrogens (tertiary/aromatic N) is 1. The van der Waals surface area contributed by atoms with Crippen LogP contribution >= 0.6 is 0 Å². The molecule has 2 fully saturated rings. The fraction of sp³-hybridized carbons (Fsp3) is 0.611. The molecule has 126 valence electrons. The number of amides is 1. The van der Waals surface area contributed by atoms with Crippen molar-refractivity contribution in [2.45, 2.75) is 43.8 Å². The maximum absolute atomic E-state index is 12.8. The molecule has 0 spiro atoms. The van der Waals surface area contributed by atoms with Crippen LogP contribution in [-0.4, -0.2) is 56.3 Å². The van der Waals surface area contributed by atoms with Gasteiger partial charge in [-0.3, -0.25) is 4.79 Å². The molecular formula is C18H26N2O3. The first kappa shape index (κ1) is 16.3. The largest absolute Gasteiger partial charge is 0.491 e. The molecule has 5 heteroatoms. The first-order chi connectivity index (χ1) is 11.2. The summed E-state index contributed by atoms with van der Waals surface area (Å²) in [7, 11) is 3.57. The van der Waals surface area contributed by atoms with E-state index in [2.05, 4.69) is 5.32 Å². The highest BCUT2D eigenvalue weighted by Gasteiger charge is 2.36. The molecule has 5 nitrogen and oxygen atoms in total. The lowest BCUT2D eigenvalue weighted by Crippen LogP contribution is -2.48. The van der Waals surface area contributed by atoms with Gasteiger partial charge in [0.2, 0.25) is 0 Å². The second-order valence-electron chi connectivity index (χ2n) is 6.55. The summed E-state index contributed by atoms with van der Waals surface area (Å²) in [5.41, 5.74) is 0.688. The Kier molecular flexibility index (Phi) is 5.18. The number of piperidine rings is 1. The van der Waals surface area contributed by atoms with Gasteiger partial charge in [-0.15, -0.1) is 0 Å². The summed E-state index contributed by atoms with van der Waals surface area (Å²) in [5.74, 6) is 0.792. The third-order valence-electron chi connectivity index (χ3n) is 4.95. The molecule has 2 heterocycles. The fourth-order valence-electron chi connectivity index (χ4n) is 3.67. The van der Waals surface area contributed by atoms with Crippen molar-refractivity contribution < 1.29 is 14.3 Å². The van der Waals surface area contributed by atoms with E-state index in [1.165, 1.54) is 12.8 Å². The quantitative estimate of drug-likeness (QED) is 0.816. The number of ether oxygens (including phenoxy) is 2. The maximum Gasteiger partial charge on any atom is 0.253 e. The van der Waals surface area contributed by atoms with E-state index in [0.717, 1.165) is 12.8 Å². The number of methoxy groups -OCH3 is 1. The Morgan fingerprint density at radius 1 is 1.26 bits per heavy atom. The summed E-state index contributed by atoms with van der Waals surface area (Å²) >= 11 is 0. The SMILES string of the molecule is COCCOc1cccc(C(=O)N(C)C2CC3CCC(C2)N3)c1.